The summed E-state index contributed by atoms with van der Waals surface area (Å²) in [6, 6.07) is 0. The number of rotatable bonds is 9. The minimum Gasteiger partial charge on any atom is -0.479 e. The Bertz CT molecular complexity index is 498. The second-order valence-electron chi connectivity index (χ2n) is 4.70. The van der Waals surface area contributed by atoms with E-state index in [4.69, 9.17) is 61.3 Å². The number of hydrogen-bond acceptors (Lipinski definition) is 12. The van der Waals surface area contributed by atoms with E-state index in [-0.39, 0.29) is 93.8 Å². The molecule has 202 valence electrons. The van der Waals surface area contributed by atoms with E-state index >= 15 is 0 Å². The molecule has 6 unspecified atom stereocenters. The molecule has 6 atom stereocenters. The van der Waals surface area contributed by atoms with Crippen molar-refractivity contribution < 1.29 is 184 Å². The van der Waals surface area contributed by atoms with Crippen molar-refractivity contribution in [2.75, 3.05) is 0 Å². The molecule has 0 spiro atoms. The number of hydrogen-bond donors (Lipinski definition) is 12. The topological polar surface area (TPSA) is 345 Å². The molecule has 0 heterocycles. The first-order valence-corrected chi connectivity index (χ1v) is 6.85. The van der Waals surface area contributed by atoms with Gasteiger partial charge in [-0.05, 0) is 0 Å². The fourth-order valence-electron chi connectivity index (χ4n) is 0.810. The maximum atomic E-state index is 9.77. The molecule has 18 nitrogen and oxygen atoms in total. The van der Waals surface area contributed by atoms with Crippen LogP contribution < -0.4 is 0 Å². The Morgan fingerprint density at radius 2 is 0.375 bits per heavy atom. The summed E-state index contributed by atoms with van der Waals surface area (Å²) in [5.74, 6) is -10.6. The molecule has 0 radical (unpaired) electrons. The molecule has 12 N–H and O–H groups in total. The van der Waals surface area contributed by atoms with Crippen LogP contribution in [0.3, 0.4) is 0 Å². The van der Waals surface area contributed by atoms with Crippen molar-refractivity contribution >= 4 is 35.8 Å². The van der Waals surface area contributed by atoms with Crippen molar-refractivity contribution in [3.8, 4) is 0 Å². The number of aliphatic hydroxyl groups is 6. The molecule has 0 aliphatic rings. The summed E-state index contributed by atoms with van der Waals surface area (Å²) in [4.78, 5) is 58.6. The average molecular weight is 796 g/mol. The number of carboxylic acid groups (broad SMARTS) is 6. The van der Waals surface area contributed by atoms with Crippen LogP contribution in [0.4, 0.5) is 0 Å². The number of aliphatic carboxylic acids is 6. The third-order valence-corrected chi connectivity index (χ3v) is 2.42. The van der Waals surface area contributed by atoms with Crippen LogP contribution >= 0.6 is 0 Å². The Balaban J connectivity index is -0.000000110. The van der Waals surface area contributed by atoms with Crippen molar-refractivity contribution in [2.24, 2.45) is 0 Å². The molecule has 0 aliphatic heterocycles. The van der Waals surface area contributed by atoms with E-state index in [1.54, 1.807) is 0 Å². The van der Waals surface area contributed by atoms with Crippen LogP contribution in [0.25, 0.3) is 0 Å². The van der Waals surface area contributed by atoms with Crippen LogP contribution in [0.15, 0.2) is 0 Å². The van der Waals surface area contributed by atoms with Gasteiger partial charge in [-0.15, -0.1) is 0 Å². The molecule has 0 aromatic heterocycles. The van der Waals surface area contributed by atoms with Crippen molar-refractivity contribution in [2.45, 2.75) is 36.6 Å². The first kappa shape index (κ1) is 41.8. The van der Waals surface area contributed by atoms with Crippen LogP contribution in [-0.4, -0.2) is 134 Å². The first-order valence-electron chi connectivity index (χ1n) is 6.85. The summed E-state index contributed by atoms with van der Waals surface area (Å²) in [7, 11) is 0. The third kappa shape index (κ3) is 19.1. The van der Waals surface area contributed by atoms with Gasteiger partial charge >= 0.3 is 35.8 Å². The van der Waals surface area contributed by atoms with E-state index < -0.39 is 72.4 Å². The summed E-state index contributed by atoms with van der Waals surface area (Å²) >= 11 is 0. The monoisotopic (exact) mass is 798 g/mol. The van der Waals surface area contributed by atoms with E-state index in [1.807, 2.05) is 0 Å². The summed E-state index contributed by atoms with van der Waals surface area (Å²) in [6.07, 6.45) is -13.6. The van der Waals surface area contributed by atoms with Gasteiger partial charge < -0.3 is 61.3 Å². The molecule has 0 fully saturated rings. The van der Waals surface area contributed by atoms with Gasteiger partial charge in [-0.25, -0.2) is 28.8 Å². The summed E-state index contributed by atoms with van der Waals surface area (Å²) in [6.45, 7) is 0. The van der Waals surface area contributed by atoms with E-state index in [2.05, 4.69) is 0 Å². The molecule has 0 amide bonds. The van der Waals surface area contributed by atoms with Gasteiger partial charge in [0.25, 0.3) is 0 Å². The second-order valence-corrected chi connectivity index (χ2v) is 4.70. The molecule has 20 heteroatoms. The zero-order valence-corrected chi connectivity index (χ0v) is 18.2. The smallest absolute Gasteiger partial charge is 0.335 e. The summed E-state index contributed by atoms with van der Waals surface area (Å²) in [5.41, 5.74) is 0. The molecule has 0 bridgehead atoms. The second kappa shape index (κ2) is 21.2. The Hall–Kier alpha value is -0.381. The number of aliphatic hydroxyl groups excluding tert-OH is 6. The van der Waals surface area contributed by atoms with Gasteiger partial charge in [-0.1, -0.05) is 0 Å². The van der Waals surface area contributed by atoms with Crippen LogP contribution in [-0.2, 0) is 28.8 Å². The maximum Gasteiger partial charge on any atom is 0.335 e. The third-order valence-electron chi connectivity index (χ3n) is 2.42. The fraction of sp³-hybridized carbons (Fsp3) is 0.500. The van der Waals surface area contributed by atoms with Gasteiger partial charge in [-0.3, -0.25) is 0 Å². The molecule has 0 saturated heterocycles. The van der Waals surface area contributed by atoms with E-state index in [9.17, 15) is 28.8 Å². The Morgan fingerprint density at radius 3 is 0.406 bits per heavy atom. The Kier molecular flexibility index (Phi) is 27.7. The van der Waals surface area contributed by atoms with Crippen molar-refractivity contribution in [1.82, 2.24) is 0 Å². The molecular formula is C12H18O18Yb2. The largest absolute Gasteiger partial charge is 0.479 e. The quantitative estimate of drug-likeness (QED) is 0.103. The predicted molar refractivity (Wildman–Crippen MR) is 81.9 cm³/mol. The molecular weight excluding hydrogens is 778 g/mol. The molecule has 0 aliphatic carbocycles. The van der Waals surface area contributed by atoms with Gasteiger partial charge in [-0.2, -0.15) is 0 Å². The zero-order valence-electron chi connectivity index (χ0n) is 14.8. The molecule has 0 saturated carbocycles. The summed E-state index contributed by atoms with van der Waals surface area (Å²) < 4.78 is 0. The van der Waals surface area contributed by atoms with Crippen LogP contribution in [0.5, 0.6) is 0 Å². The Labute approximate surface area is 253 Å². The summed E-state index contributed by atoms with van der Waals surface area (Å²) in [5, 5.41) is 97.6. The van der Waals surface area contributed by atoms with E-state index in [0.717, 1.165) is 0 Å². The van der Waals surface area contributed by atoms with Gasteiger partial charge in [0, 0.05) is 93.8 Å². The van der Waals surface area contributed by atoms with Gasteiger partial charge in [0.1, 0.15) is 0 Å². The zero-order chi connectivity index (χ0) is 24.9. The van der Waals surface area contributed by atoms with Crippen LogP contribution in [0, 0.1) is 93.8 Å². The minimum atomic E-state index is -2.27. The maximum absolute atomic E-state index is 9.77. The average Bonchev–Trinajstić information content (AvgIpc) is 2.64. The van der Waals surface area contributed by atoms with Gasteiger partial charge in [0.05, 0.1) is 0 Å². The first-order chi connectivity index (χ1) is 13.4. The van der Waals surface area contributed by atoms with Crippen LogP contribution in [0.2, 0.25) is 0 Å². The molecule has 32 heavy (non-hydrogen) atoms. The van der Waals surface area contributed by atoms with E-state index in [1.165, 1.54) is 0 Å². The van der Waals surface area contributed by atoms with E-state index in [0.29, 0.717) is 0 Å². The van der Waals surface area contributed by atoms with Crippen molar-refractivity contribution in [1.29, 1.82) is 0 Å². The number of carbonyl (C=O) groups is 6. The molecule has 0 aromatic carbocycles. The molecule has 0 rings (SSSR count). The minimum absolute atomic E-state index is 0. The van der Waals surface area contributed by atoms with Gasteiger partial charge in [0.2, 0.25) is 0 Å². The predicted octanol–water partition coefficient (Wildman–Crippen LogP) is -6.37. The fourth-order valence-corrected chi connectivity index (χ4v) is 0.810. The Morgan fingerprint density at radius 1 is 0.312 bits per heavy atom. The van der Waals surface area contributed by atoms with Crippen molar-refractivity contribution in [3.05, 3.63) is 0 Å². The van der Waals surface area contributed by atoms with Crippen LogP contribution in [0.1, 0.15) is 0 Å². The number of carboxylic acids is 6. The normalized spacial score (nSPS) is 14.8. The standard InChI is InChI=1S/3C4H6O6.2Yb/c3*5-1(3(7)8)2(6)4(9)10;;/h3*1-2,5-6H,(H,7,8)(H,9,10);;. The molecule has 0 aromatic rings. The van der Waals surface area contributed by atoms with Gasteiger partial charge in [0.15, 0.2) is 36.6 Å². The SMILES string of the molecule is O=C(O)C(O)C(O)C(=O)O.O=C(O)C(O)C(O)C(=O)O.O=C(O)C(O)C(O)C(=O)O.[Yb].[Yb]. The van der Waals surface area contributed by atoms with Crippen molar-refractivity contribution in [3.63, 3.8) is 0 Å².